The number of carbonyl (C=O) groups is 2. The van der Waals surface area contributed by atoms with Gasteiger partial charge in [0.2, 0.25) is 11.8 Å². The van der Waals surface area contributed by atoms with Crippen molar-refractivity contribution in [2.24, 2.45) is 0 Å². The molecule has 28 heavy (non-hydrogen) atoms. The molecule has 1 aromatic heterocycles. The number of rotatable bonds is 6. The molecule has 0 radical (unpaired) electrons. The molecule has 1 aromatic carbocycles. The molecule has 0 unspecified atom stereocenters. The molecule has 8 nitrogen and oxygen atoms in total. The van der Waals surface area contributed by atoms with E-state index in [2.05, 4.69) is 15.3 Å². The molecule has 0 saturated carbocycles. The van der Waals surface area contributed by atoms with Gasteiger partial charge in [-0.2, -0.15) is 4.98 Å². The van der Waals surface area contributed by atoms with Gasteiger partial charge in [-0.25, -0.2) is 4.39 Å². The number of nitrogens with one attached hydrogen (secondary N) is 1. The zero-order chi connectivity index (χ0) is 19.9. The van der Waals surface area contributed by atoms with Crippen molar-refractivity contribution in [3.05, 3.63) is 47.6 Å². The summed E-state index contributed by atoms with van der Waals surface area (Å²) >= 11 is 5.72. The molecule has 1 aliphatic rings. The van der Waals surface area contributed by atoms with Crippen molar-refractivity contribution in [1.29, 1.82) is 0 Å². The van der Waals surface area contributed by atoms with Gasteiger partial charge in [-0.3, -0.25) is 19.5 Å². The number of amides is 2. The first kappa shape index (κ1) is 20.0. The van der Waals surface area contributed by atoms with Gasteiger partial charge in [0.1, 0.15) is 5.82 Å². The van der Waals surface area contributed by atoms with Gasteiger partial charge in [-0.1, -0.05) is 11.6 Å². The Bertz CT molecular complexity index is 828. The summed E-state index contributed by atoms with van der Waals surface area (Å²) in [6, 6.07) is 5.59. The van der Waals surface area contributed by atoms with E-state index in [0.29, 0.717) is 31.9 Å². The van der Waals surface area contributed by atoms with Crippen LogP contribution in [-0.2, 0) is 9.59 Å². The van der Waals surface area contributed by atoms with E-state index < -0.39 is 0 Å². The fourth-order valence-electron chi connectivity index (χ4n) is 2.71. The smallest absolute Gasteiger partial charge is 0.260 e. The van der Waals surface area contributed by atoms with E-state index in [1.807, 2.05) is 4.90 Å². The van der Waals surface area contributed by atoms with Crippen molar-refractivity contribution in [2.45, 2.75) is 0 Å². The summed E-state index contributed by atoms with van der Waals surface area (Å²) in [5.41, 5.74) is 0.543. The van der Waals surface area contributed by atoms with E-state index in [1.165, 1.54) is 36.7 Å². The van der Waals surface area contributed by atoms with Gasteiger partial charge in [0, 0.05) is 31.9 Å². The SMILES string of the molecule is O=C(CN1CCN(C(=O)COc2cncc(Cl)n2)CC1)Nc1ccc(F)cc1. The Kier molecular flexibility index (Phi) is 6.72. The van der Waals surface area contributed by atoms with Crippen molar-refractivity contribution in [3.8, 4) is 5.88 Å². The van der Waals surface area contributed by atoms with Gasteiger partial charge < -0.3 is 15.0 Å². The van der Waals surface area contributed by atoms with Crippen molar-refractivity contribution < 1.29 is 18.7 Å². The van der Waals surface area contributed by atoms with E-state index in [-0.39, 0.29) is 41.8 Å². The van der Waals surface area contributed by atoms with Crippen LogP contribution in [0.1, 0.15) is 0 Å². The molecule has 148 valence electrons. The summed E-state index contributed by atoms with van der Waals surface area (Å²) in [6.45, 7) is 2.17. The Hall–Kier alpha value is -2.78. The van der Waals surface area contributed by atoms with Crippen LogP contribution in [0.5, 0.6) is 5.88 Å². The summed E-state index contributed by atoms with van der Waals surface area (Å²) in [6.07, 6.45) is 2.76. The van der Waals surface area contributed by atoms with Gasteiger partial charge in [-0.05, 0) is 24.3 Å². The first-order valence-corrected chi connectivity index (χ1v) is 9.03. The first-order valence-electron chi connectivity index (χ1n) is 8.65. The molecule has 1 N–H and O–H groups in total. The van der Waals surface area contributed by atoms with Crippen LogP contribution >= 0.6 is 11.6 Å². The monoisotopic (exact) mass is 407 g/mol. The van der Waals surface area contributed by atoms with E-state index >= 15 is 0 Å². The zero-order valence-electron chi connectivity index (χ0n) is 15.0. The number of aromatic nitrogens is 2. The number of halogens is 2. The summed E-state index contributed by atoms with van der Waals surface area (Å²) in [5.74, 6) is -0.520. The molecule has 1 aliphatic heterocycles. The normalized spacial score (nSPS) is 14.6. The second-order valence-corrected chi connectivity index (χ2v) is 6.57. The van der Waals surface area contributed by atoms with Gasteiger partial charge in [0.05, 0.1) is 18.9 Å². The molecule has 0 spiro atoms. The minimum absolute atomic E-state index is 0.153. The largest absolute Gasteiger partial charge is 0.466 e. The predicted molar refractivity (Wildman–Crippen MR) is 101 cm³/mol. The lowest BCUT2D eigenvalue weighted by Crippen LogP contribution is -2.51. The van der Waals surface area contributed by atoms with Gasteiger partial charge in [0.15, 0.2) is 11.8 Å². The van der Waals surface area contributed by atoms with Crippen LogP contribution in [0, 0.1) is 5.82 Å². The maximum Gasteiger partial charge on any atom is 0.260 e. The lowest BCUT2D eigenvalue weighted by atomic mass is 10.3. The number of anilines is 1. The van der Waals surface area contributed by atoms with Crippen molar-refractivity contribution in [2.75, 3.05) is 44.6 Å². The van der Waals surface area contributed by atoms with E-state index in [0.717, 1.165) is 0 Å². The minimum atomic E-state index is -0.356. The first-order chi connectivity index (χ1) is 13.5. The molecule has 2 aromatic rings. The predicted octanol–water partition coefficient (Wildman–Crippen LogP) is 1.43. The number of hydrogen-bond acceptors (Lipinski definition) is 6. The molecule has 0 bridgehead atoms. The highest BCUT2D eigenvalue weighted by Gasteiger charge is 2.23. The molecule has 3 rings (SSSR count). The molecule has 10 heteroatoms. The molecule has 2 amide bonds. The van der Waals surface area contributed by atoms with Crippen LogP contribution in [0.3, 0.4) is 0 Å². The van der Waals surface area contributed by atoms with E-state index in [9.17, 15) is 14.0 Å². The average Bonchev–Trinajstić information content (AvgIpc) is 2.68. The van der Waals surface area contributed by atoms with Gasteiger partial charge in [-0.15, -0.1) is 0 Å². The van der Waals surface area contributed by atoms with Crippen molar-refractivity contribution >= 4 is 29.1 Å². The molecule has 1 fully saturated rings. The van der Waals surface area contributed by atoms with Crippen LogP contribution in [-0.4, -0.2) is 70.9 Å². The molecule has 1 saturated heterocycles. The standard InChI is InChI=1S/C18H19ClFN5O3/c19-15-9-21-10-17(23-15)28-12-18(27)25-7-5-24(6-8-25)11-16(26)22-14-3-1-13(20)2-4-14/h1-4,9-10H,5-8,11-12H2,(H,22,26). The molecule has 0 aliphatic carbocycles. The Morgan fingerprint density at radius 2 is 1.86 bits per heavy atom. The maximum atomic E-state index is 12.9. The summed E-state index contributed by atoms with van der Waals surface area (Å²) in [7, 11) is 0. The summed E-state index contributed by atoms with van der Waals surface area (Å²) in [5, 5.41) is 2.91. The Morgan fingerprint density at radius 3 is 2.54 bits per heavy atom. The third-order valence-electron chi connectivity index (χ3n) is 4.15. The lowest BCUT2D eigenvalue weighted by molar-refractivity contribution is -0.135. The number of benzene rings is 1. The number of piperazine rings is 1. The summed E-state index contributed by atoms with van der Waals surface area (Å²) < 4.78 is 18.2. The van der Waals surface area contributed by atoms with Crippen molar-refractivity contribution in [3.63, 3.8) is 0 Å². The highest BCUT2D eigenvalue weighted by molar-refractivity contribution is 6.29. The van der Waals surface area contributed by atoms with E-state index in [4.69, 9.17) is 16.3 Å². The van der Waals surface area contributed by atoms with Crippen LogP contribution in [0.15, 0.2) is 36.7 Å². The quantitative estimate of drug-likeness (QED) is 0.779. The number of ether oxygens (including phenoxy) is 1. The number of hydrogen-bond donors (Lipinski definition) is 1. The Morgan fingerprint density at radius 1 is 1.14 bits per heavy atom. The van der Waals surface area contributed by atoms with Crippen LogP contribution in [0.4, 0.5) is 10.1 Å². The third-order valence-corrected chi connectivity index (χ3v) is 4.33. The zero-order valence-corrected chi connectivity index (χ0v) is 15.7. The maximum absolute atomic E-state index is 12.9. The fraction of sp³-hybridized carbons (Fsp3) is 0.333. The lowest BCUT2D eigenvalue weighted by Gasteiger charge is -2.34. The molecular weight excluding hydrogens is 389 g/mol. The summed E-state index contributed by atoms with van der Waals surface area (Å²) in [4.78, 5) is 35.7. The number of carbonyl (C=O) groups excluding carboxylic acids is 2. The van der Waals surface area contributed by atoms with Gasteiger partial charge >= 0.3 is 0 Å². The van der Waals surface area contributed by atoms with E-state index in [1.54, 1.807) is 4.90 Å². The van der Waals surface area contributed by atoms with Crippen molar-refractivity contribution in [1.82, 2.24) is 19.8 Å². The molecule has 0 atom stereocenters. The fourth-order valence-corrected chi connectivity index (χ4v) is 2.85. The van der Waals surface area contributed by atoms with Gasteiger partial charge in [0.25, 0.3) is 5.91 Å². The second-order valence-electron chi connectivity index (χ2n) is 6.18. The highest BCUT2D eigenvalue weighted by Crippen LogP contribution is 2.11. The molecule has 2 heterocycles. The van der Waals surface area contributed by atoms with Crippen LogP contribution in [0.2, 0.25) is 5.15 Å². The number of nitrogens with zero attached hydrogens (tertiary/aromatic N) is 4. The Labute approximate surface area is 166 Å². The second kappa shape index (κ2) is 9.43. The molecular formula is C18H19ClFN5O3. The minimum Gasteiger partial charge on any atom is -0.466 e. The van der Waals surface area contributed by atoms with Crippen LogP contribution < -0.4 is 10.1 Å². The highest BCUT2D eigenvalue weighted by atomic mass is 35.5. The van der Waals surface area contributed by atoms with Crippen LogP contribution in [0.25, 0.3) is 0 Å². The topological polar surface area (TPSA) is 87.7 Å². The Balaban J connectivity index is 1.39. The average molecular weight is 408 g/mol. The third kappa shape index (κ3) is 5.86.